The van der Waals surface area contributed by atoms with E-state index in [9.17, 15) is 4.79 Å². The largest absolute Gasteiger partial charge is 0.328 e. The van der Waals surface area contributed by atoms with Crippen LogP contribution in [0.25, 0.3) is 0 Å². The van der Waals surface area contributed by atoms with Gasteiger partial charge in [0.2, 0.25) is 0 Å². The van der Waals surface area contributed by atoms with Crippen molar-refractivity contribution >= 4 is 6.29 Å². The van der Waals surface area contributed by atoms with E-state index in [0.717, 1.165) is 19.3 Å². The van der Waals surface area contributed by atoms with Crippen LogP contribution in [0, 0.1) is 0 Å². The van der Waals surface area contributed by atoms with Crippen molar-refractivity contribution in [2.45, 2.75) is 13.0 Å². The number of rotatable bonds is 4. The average molecular weight is 201 g/mol. The minimum Gasteiger partial charge on any atom is -0.328 e. The third-order valence-electron chi connectivity index (χ3n) is 2.26. The van der Waals surface area contributed by atoms with E-state index in [-0.39, 0.29) is 0 Å². The molecule has 2 aromatic rings. The van der Waals surface area contributed by atoms with Gasteiger partial charge in [0.05, 0.1) is 12.5 Å². The fraction of sp³-hybridized carbons (Fsp3) is 0.182. The Bertz CT molecular complexity index is 436. The summed E-state index contributed by atoms with van der Waals surface area (Å²) in [6, 6.07) is 3.94. The topological polar surface area (TPSA) is 47.8 Å². The molecule has 0 bridgehead atoms. The van der Waals surface area contributed by atoms with Crippen molar-refractivity contribution in [1.29, 1.82) is 0 Å². The van der Waals surface area contributed by atoms with E-state index in [1.807, 2.05) is 16.7 Å². The molecule has 0 saturated carbocycles. The molecule has 0 radical (unpaired) electrons. The summed E-state index contributed by atoms with van der Waals surface area (Å²) in [5.74, 6) is 0. The summed E-state index contributed by atoms with van der Waals surface area (Å²) in [5, 5.41) is 0. The molecule has 0 aromatic carbocycles. The van der Waals surface area contributed by atoms with Gasteiger partial charge < -0.3 is 4.57 Å². The van der Waals surface area contributed by atoms with E-state index in [0.29, 0.717) is 5.69 Å². The number of hydrogen-bond acceptors (Lipinski definition) is 3. The van der Waals surface area contributed by atoms with E-state index in [4.69, 9.17) is 0 Å². The van der Waals surface area contributed by atoms with Gasteiger partial charge in [0, 0.05) is 18.9 Å². The van der Waals surface area contributed by atoms with Crippen LogP contribution in [0.3, 0.4) is 0 Å². The average Bonchev–Trinajstić information content (AvgIpc) is 2.75. The van der Waals surface area contributed by atoms with Crippen molar-refractivity contribution in [2.24, 2.45) is 0 Å². The Hall–Kier alpha value is -1.97. The van der Waals surface area contributed by atoms with Crippen LogP contribution in [0.5, 0.6) is 0 Å². The zero-order valence-electron chi connectivity index (χ0n) is 8.21. The van der Waals surface area contributed by atoms with Crippen molar-refractivity contribution in [3.05, 3.63) is 48.3 Å². The van der Waals surface area contributed by atoms with Gasteiger partial charge in [0.15, 0.2) is 6.29 Å². The molecule has 76 valence electrons. The number of aldehydes is 1. The minimum atomic E-state index is 0.615. The summed E-state index contributed by atoms with van der Waals surface area (Å²) in [6.07, 6.45) is 8.47. The Morgan fingerprint density at radius 3 is 2.80 bits per heavy atom. The molecule has 15 heavy (non-hydrogen) atoms. The van der Waals surface area contributed by atoms with E-state index < -0.39 is 0 Å². The van der Waals surface area contributed by atoms with Crippen LogP contribution in [0.1, 0.15) is 16.1 Å². The first-order valence-corrected chi connectivity index (χ1v) is 4.74. The van der Waals surface area contributed by atoms with Crippen LogP contribution in [0.4, 0.5) is 0 Å². The van der Waals surface area contributed by atoms with Crippen LogP contribution >= 0.6 is 0 Å². The van der Waals surface area contributed by atoms with Crippen molar-refractivity contribution < 1.29 is 4.79 Å². The van der Waals surface area contributed by atoms with Gasteiger partial charge in [0.1, 0.15) is 5.69 Å². The highest BCUT2D eigenvalue weighted by molar-refractivity contribution is 5.71. The molecular weight excluding hydrogens is 190 g/mol. The second-order valence-electron chi connectivity index (χ2n) is 3.24. The molecule has 0 unspecified atom stereocenters. The lowest BCUT2D eigenvalue weighted by Crippen LogP contribution is -2.03. The fourth-order valence-electron chi connectivity index (χ4n) is 1.41. The maximum Gasteiger partial charge on any atom is 0.168 e. The van der Waals surface area contributed by atoms with Gasteiger partial charge in [-0.3, -0.25) is 9.78 Å². The summed E-state index contributed by atoms with van der Waals surface area (Å²) < 4.78 is 1.84. The van der Waals surface area contributed by atoms with Gasteiger partial charge in [-0.2, -0.15) is 0 Å². The number of aromatic nitrogens is 3. The number of carbonyl (C=O) groups excluding carboxylic acids is 1. The first-order chi connectivity index (χ1) is 7.40. The maximum atomic E-state index is 10.6. The van der Waals surface area contributed by atoms with Crippen LogP contribution in [0.2, 0.25) is 0 Å². The molecule has 0 fully saturated rings. The minimum absolute atomic E-state index is 0.615. The molecule has 0 saturated heterocycles. The van der Waals surface area contributed by atoms with Crippen molar-refractivity contribution in [3.63, 3.8) is 0 Å². The van der Waals surface area contributed by atoms with Gasteiger partial charge >= 0.3 is 0 Å². The summed E-state index contributed by atoms with van der Waals surface area (Å²) >= 11 is 0. The molecule has 0 aliphatic heterocycles. The van der Waals surface area contributed by atoms with Gasteiger partial charge in [0.25, 0.3) is 0 Å². The lowest BCUT2D eigenvalue weighted by molar-refractivity contribution is 0.111. The summed E-state index contributed by atoms with van der Waals surface area (Å²) in [4.78, 5) is 18.5. The van der Waals surface area contributed by atoms with Gasteiger partial charge in [-0.05, 0) is 24.1 Å². The quantitative estimate of drug-likeness (QED) is 0.701. The fourth-order valence-corrected chi connectivity index (χ4v) is 1.41. The van der Waals surface area contributed by atoms with E-state index >= 15 is 0 Å². The molecule has 0 amide bonds. The normalized spacial score (nSPS) is 10.1. The standard InChI is InChI=1S/C11H11N3O/c15-8-11-7-13-9-14(11)6-3-10-1-4-12-5-2-10/h1-2,4-5,7-9H,3,6H2. The zero-order chi connectivity index (χ0) is 10.5. The molecular formula is C11H11N3O. The van der Waals surface area contributed by atoms with Crippen molar-refractivity contribution in [3.8, 4) is 0 Å². The molecule has 0 aliphatic carbocycles. The second kappa shape index (κ2) is 4.50. The predicted octanol–water partition coefficient (Wildman–Crippen LogP) is 1.33. The zero-order valence-corrected chi connectivity index (χ0v) is 8.21. The Morgan fingerprint density at radius 2 is 2.07 bits per heavy atom. The molecule has 2 rings (SSSR count). The number of pyridine rings is 1. The highest BCUT2D eigenvalue weighted by Gasteiger charge is 2.00. The van der Waals surface area contributed by atoms with E-state index in [2.05, 4.69) is 9.97 Å². The van der Waals surface area contributed by atoms with E-state index in [1.54, 1.807) is 24.9 Å². The molecule has 0 atom stereocenters. The number of aryl methyl sites for hydroxylation is 2. The number of hydrogen-bond donors (Lipinski definition) is 0. The van der Waals surface area contributed by atoms with Crippen LogP contribution in [-0.4, -0.2) is 20.8 Å². The Morgan fingerprint density at radius 1 is 1.27 bits per heavy atom. The summed E-state index contributed by atoms with van der Waals surface area (Å²) in [6.45, 7) is 0.762. The first-order valence-electron chi connectivity index (χ1n) is 4.74. The molecule has 2 heterocycles. The monoisotopic (exact) mass is 201 g/mol. The molecule has 4 nitrogen and oxygen atoms in total. The van der Waals surface area contributed by atoms with Gasteiger partial charge in [-0.1, -0.05) is 0 Å². The number of carbonyl (C=O) groups is 1. The number of nitrogens with zero attached hydrogens (tertiary/aromatic N) is 3. The van der Waals surface area contributed by atoms with Gasteiger partial charge in [-0.15, -0.1) is 0 Å². The maximum absolute atomic E-state index is 10.6. The Labute approximate surface area is 87.6 Å². The smallest absolute Gasteiger partial charge is 0.168 e. The van der Waals surface area contributed by atoms with Gasteiger partial charge in [-0.25, -0.2) is 4.98 Å². The molecule has 0 aliphatic rings. The van der Waals surface area contributed by atoms with Crippen molar-refractivity contribution in [2.75, 3.05) is 0 Å². The summed E-state index contributed by atoms with van der Waals surface area (Å²) in [7, 11) is 0. The van der Waals surface area contributed by atoms with E-state index in [1.165, 1.54) is 5.56 Å². The highest BCUT2D eigenvalue weighted by Crippen LogP contribution is 2.02. The van der Waals surface area contributed by atoms with Crippen LogP contribution in [-0.2, 0) is 13.0 Å². The number of imidazole rings is 1. The molecule has 2 aromatic heterocycles. The molecule has 0 spiro atoms. The highest BCUT2D eigenvalue weighted by atomic mass is 16.1. The predicted molar refractivity (Wildman–Crippen MR) is 55.6 cm³/mol. The van der Waals surface area contributed by atoms with Crippen LogP contribution in [0.15, 0.2) is 37.1 Å². The summed E-state index contributed by atoms with van der Waals surface area (Å²) in [5.41, 5.74) is 1.82. The molecule has 0 N–H and O–H groups in total. The lowest BCUT2D eigenvalue weighted by atomic mass is 10.2. The third-order valence-corrected chi connectivity index (χ3v) is 2.26. The molecule has 4 heteroatoms. The second-order valence-corrected chi connectivity index (χ2v) is 3.24. The Balaban J connectivity index is 2.02. The van der Waals surface area contributed by atoms with Crippen molar-refractivity contribution in [1.82, 2.24) is 14.5 Å². The Kier molecular flexibility index (Phi) is 2.88. The SMILES string of the molecule is O=Cc1cncn1CCc1ccncc1. The first kappa shape index (κ1) is 9.58. The third kappa shape index (κ3) is 2.28. The van der Waals surface area contributed by atoms with Crippen LogP contribution < -0.4 is 0 Å². The lowest BCUT2D eigenvalue weighted by Gasteiger charge is -2.03.